The molecule has 1 aliphatic carbocycles. The second-order valence-electron chi connectivity index (χ2n) is 11.1. The van der Waals surface area contributed by atoms with E-state index in [9.17, 15) is 13.2 Å². The van der Waals surface area contributed by atoms with Crippen molar-refractivity contribution in [1.29, 1.82) is 0 Å². The summed E-state index contributed by atoms with van der Waals surface area (Å²) in [6, 6.07) is 13.1. The van der Waals surface area contributed by atoms with Gasteiger partial charge in [-0.2, -0.15) is 0 Å². The lowest BCUT2D eigenvalue weighted by molar-refractivity contribution is 0.0973. The van der Waals surface area contributed by atoms with Crippen molar-refractivity contribution in [2.75, 3.05) is 17.9 Å². The zero-order chi connectivity index (χ0) is 30.6. The van der Waals surface area contributed by atoms with E-state index in [1.54, 1.807) is 26.0 Å². The van der Waals surface area contributed by atoms with Crippen LogP contribution in [0.2, 0.25) is 0 Å². The van der Waals surface area contributed by atoms with Gasteiger partial charge in [0.1, 0.15) is 11.5 Å². The predicted octanol–water partition coefficient (Wildman–Crippen LogP) is 6.44. The molecule has 0 radical (unpaired) electrons. The molecule has 43 heavy (non-hydrogen) atoms. The molecule has 0 bridgehead atoms. The molecule has 2 heterocycles. The fourth-order valence-electron chi connectivity index (χ4n) is 5.66. The third-order valence-corrected chi connectivity index (χ3v) is 9.39. The molecule has 2 aromatic heterocycles. The van der Waals surface area contributed by atoms with Crippen LogP contribution in [0.3, 0.4) is 0 Å². The van der Waals surface area contributed by atoms with Crippen molar-refractivity contribution in [2.24, 2.45) is 0 Å². The van der Waals surface area contributed by atoms with Gasteiger partial charge in [-0.1, -0.05) is 48.5 Å². The summed E-state index contributed by atoms with van der Waals surface area (Å²) in [5.74, 6) is 1.22. The van der Waals surface area contributed by atoms with Crippen LogP contribution in [-0.2, 0) is 40.6 Å². The van der Waals surface area contributed by atoms with Crippen molar-refractivity contribution >= 4 is 21.7 Å². The van der Waals surface area contributed by atoms with E-state index in [2.05, 4.69) is 27.4 Å². The Bertz CT molecular complexity index is 1720. The lowest BCUT2D eigenvalue weighted by Gasteiger charge is -2.17. The van der Waals surface area contributed by atoms with E-state index >= 15 is 0 Å². The predicted molar refractivity (Wildman–Crippen MR) is 166 cm³/mol. The van der Waals surface area contributed by atoms with Gasteiger partial charge in [0.05, 0.1) is 22.9 Å². The van der Waals surface area contributed by atoms with E-state index in [1.165, 1.54) is 0 Å². The van der Waals surface area contributed by atoms with E-state index < -0.39 is 10.0 Å². The molecule has 1 N–H and O–H groups in total. The number of aryl methyl sites for hydroxylation is 3. The second-order valence-corrected chi connectivity index (χ2v) is 12.7. The molecule has 1 aliphatic rings. The van der Waals surface area contributed by atoms with Crippen molar-refractivity contribution in [3.05, 3.63) is 82.1 Å². The van der Waals surface area contributed by atoms with Crippen LogP contribution in [0, 0.1) is 13.8 Å². The lowest BCUT2D eigenvalue weighted by Crippen LogP contribution is -2.15. The number of fused-ring (bicyclic) bond motifs is 1. The normalized spacial score (nSPS) is 13.6. The van der Waals surface area contributed by atoms with Crippen molar-refractivity contribution < 1.29 is 22.5 Å². The summed E-state index contributed by atoms with van der Waals surface area (Å²) >= 11 is 0. The molecule has 0 atom stereocenters. The van der Waals surface area contributed by atoms with Gasteiger partial charge in [0.2, 0.25) is 5.88 Å². The number of ether oxygens (including phenoxy) is 1. The maximum atomic E-state index is 13.6. The molecule has 0 saturated heterocycles. The van der Waals surface area contributed by atoms with Crippen molar-refractivity contribution in [2.45, 2.75) is 84.1 Å². The summed E-state index contributed by atoms with van der Waals surface area (Å²) in [5, 5.41) is 3.88. The van der Waals surface area contributed by atoms with Crippen LogP contribution >= 0.6 is 0 Å². The Morgan fingerprint density at radius 3 is 2.56 bits per heavy atom. The first-order valence-corrected chi connectivity index (χ1v) is 16.6. The second kappa shape index (κ2) is 13.3. The van der Waals surface area contributed by atoms with E-state index in [0.717, 1.165) is 66.0 Å². The highest BCUT2D eigenvalue weighted by molar-refractivity contribution is 7.92. The lowest BCUT2D eigenvalue weighted by atomic mass is 9.95. The molecule has 0 amide bonds. The number of anilines is 1. The Kier molecular flexibility index (Phi) is 9.46. The average molecular weight is 605 g/mol. The summed E-state index contributed by atoms with van der Waals surface area (Å²) in [6.07, 6.45) is 5.59. The van der Waals surface area contributed by atoms with Gasteiger partial charge in [0.25, 0.3) is 10.0 Å². The molecule has 2 aromatic carbocycles. The first-order valence-electron chi connectivity index (χ1n) is 15.1. The Morgan fingerprint density at radius 1 is 1.02 bits per heavy atom. The molecule has 5 rings (SSSR count). The maximum Gasteiger partial charge on any atom is 0.264 e. The topological polar surface area (TPSA) is 116 Å². The number of imidazole rings is 1. The minimum Gasteiger partial charge on any atom is -0.381 e. The minimum absolute atomic E-state index is 0.108. The number of hydrogen-bond donors (Lipinski definition) is 1. The summed E-state index contributed by atoms with van der Waals surface area (Å²) < 4.78 is 42.9. The number of benzene rings is 2. The number of nitrogens with one attached hydrogen (secondary N) is 1. The number of aromatic nitrogens is 3. The molecular weight excluding hydrogens is 564 g/mol. The van der Waals surface area contributed by atoms with Crippen molar-refractivity contribution in [1.82, 2.24) is 14.7 Å². The number of carbonyl (C=O) groups is 1. The van der Waals surface area contributed by atoms with Gasteiger partial charge in [0.15, 0.2) is 5.78 Å². The van der Waals surface area contributed by atoms with E-state index in [1.807, 2.05) is 31.2 Å². The standard InChI is InChI=1S/C33H40N4O5S/c1-5-11-31-34-28-13-8-9-14-29(38)32(28)37(31)21-24-16-17-26(25(20-24)18-19-41-6-2)27-12-7-10-15-30(27)43(39,40)36-33-22(3)23(4)35-42-33/h7,10,12,15-17,20,36H,5-6,8-9,11,13-14,18-19,21H2,1-4H3. The van der Waals surface area contributed by atoms with Crippen molar-refractivity contribution in [3.8, 4) is 11.1 Å². The SMILES string of the molecule is CCCc1nc2c(n1Cc1ccc(-c3ccccc3S(=O)(=O)Nc3onc(C)c3C)c(CCOCC)c1)C(=O)CCCC2. The summed E-state index contributed by atoms with van der Waals surface area (Å²) in [6.45, 7) is 9.21. The van der Waals surface area contributed by atoms with Crippen LogP contribution in [0.25, 0.3) is 11.1 Å². The number of hydrogen-bond acceptors (Lipinski definition) is 7. The largest absolute Gasteiger partial charge is 0.381 e. The highest BCUT2D eigenvalue weighted by Crippen LogP contribution is 2.33. The molecule has 0 aliphatic heterocycles. The third kappa shape index (κ3) is 6.60. The zero-order valence-electron chi connectivity index (χ0n) is 25.4. The summed E-state index contributed by atoms with van der Waals surface area (Å²) in [4.78, 5) is 18.2. The zero-order valence-corrected chi connectivity index (χ0v) is 26.2. The third-order valence-electron chi connectivity index (χ3n) is 8.01. The van der Waals surface area contributed by atoms with E-state index in [4.69, 9.17) is 14.2 Å². The van der Waals surface area contributed by atoms with Gasteiger partial charge in [-0.15, -0.1) is 0 Å². The molecule has 4 aromatic rings. The van der Waals surface area contributed by atoms with Gasteiger partial charge in [-0.25, -0.2) is 18.1 Å². The van der Waals surface area contributed by atoms with Crippen LogP contribution in [0.15, 0.2) is 51.9 Å². The first kappa shape index (κ1) is 30.7. The molecule has 0 saturated carbocycles. The summed E-state index contributed by atoms with van der Waals surface area (Å²) in [5.41, 5.74) is 6.32. The van der Waals surface area contributed by atoms with Crippen LogP contribution in [-0.4, -0.2) is 42.1 Å². The molecular formula is C33H40N4O5S. The molecule has 9 nitrogen and oxygen atoms in total. The average Bonchev–Trinajstić information content (AvgIpc) is 3.41. The molecule has 10 heteroatoms. The Morgan fingerprint density at radius 2 is 1.81 bits per heavy atom. The monoisotopic (exact) mass is 604 g/mol. The fraction of sp³-hybridized carbons (Fsp3) is 0.424. The highest BCUT2D eigenvalue weighted by atomic mass is 32.2. The molecule has 0 fully saturated rings. The van der Waals surface area contributed by atoms with Gasteiger partial charge in [-0.3, -0.25) is 4.79 Å². The number of ketones is 1. The smallest absolute Gasteiger partial charge is 0.264 e. The minimum atomic E-state index is -3.99. The van der Waals surface area contributed by atoms with Crippen LogP contribution < -0.4 is 4.72 Å². The van der Waals surface area contributed by atoms with Gasteiger partial charge < -0.3 is 13.8 Å². The molecule has 0 spiro atoms. The highest BCUT2D eigenvalue weighted by Gasteiger charge is 2.26. The number of rotatable bonds is 12. The fourth-order valence-corrected chi connectivity index (χ4v) is 6.93. The Labute approximate surface area is 253 Å². The van der Waals surface area contributed by atoms with Gasteiger partial charge in [-0.05, 0) is 75.6 Å². The number of carbonyl (C=O) groups excluding carboxylic acids is 1. The van der Waals surface area contributed by atoms with Crippen molar-refractivity contribution in [3.63, 3.8) is 0 Å². The summed E-state index contributed by atoms with van der Waals surface area (Å²) in [7, 11) is -3.99. The number of sulfonamides is 1. The first-order chi connectivity index (χ1) is 20.7. The maximum absolute atomic E-state index is 13.6. The quantitative estimate of drug-likeness (QED) is 0.146. The Balaban J connectivity index is 1.55. The number of nitrogens with zero attached hydrogens (tertiary/aromatic N) is 3. The molecule has 0 unspecified atom stereocenters. The molecule has 228 valence electrons. The Hall–Kier alpha value is -3.76. The van der Waals surface area contributed by atoms with E-state index in [0.29, 0.717) is 49.4 Å². The van der Waals surface area contributed by atoms with Crippen LogP contribution in [0.1, 0.15) is 83.9 Å². The van der Waals surface area contributed by atoms with E-state index in [-0.39, 0.29) is 16.6 Å². The van der Waals surface area contributed by atoms with Gasteiger partial charge >= 0.3 is 0 Å². The van der Waals surface area contributed by atoms with Crippen LogP contribution in [0.5, 0.6) is 0 Å². The number of Topliss-reactive ketones (excluding diaryl/α,β-unsaturated/α-hetero) is 1. The van der Waals surface area contributed by atoms with Crippen LogP contribution in [0.4, 0.5) is 5.88 Å². The van der Waals surface area contributed by atoms with Gasteiger partial charge in [0, 0.05) is 37.1 Å².